The Morgan fingerprint density at radius 3 is 2.88 bits per heavy atom. The molecule has 0 amide bonds. The summed E-state index contributed by atoms with van der Waals surface area (Å²) in [5, 5.41) is 12.1. The number of halogens is 1. The molecule has 1 N–H and O–H groups in total. The van der Waals surface area contributed by atoms with Crippen LogP contribution in [0.4, 0.5) is 0 Å². The Labute approximate surface area is 200 Å². The first-order valence-electron chi connectivity index (χ1n) is 12.6. The third-order valence-corrected chi connectivity index (χ3v) is 9.18. The molecule has 4 heterocycles. The lowest BCUT2D eigenvalue weighted by atomic mass is 9.68. The molecule has 1 aliphatic carbocycles. The number of likely N-dealkylation sites (tertiary alicyclic amines) is 1. The van der Waals surface area contributed by atoms with Gasteiger partial charge in [0, 0.05) is 36.1 Å². The number of piperidine rings is 3. The van der Waals surface area contributed by atoms with Gasteiger partial charge in [-0.2, -0.15) is 0 Å². The van der Waals surface area contributed by atoms with E-state index in [0.29, 0.717) is 46.2 Å². The molecule has 0 radical (unpaired) electrons. The summed E-state index contributed by atoms with van der Waals surface area (Å²) in [6.45, 7) is 7.63. The van der Waals surface area contributed by atoms with Gasteiger partial charge in [-0.1, -0.05) is 29.7 Å². The summed E-state index contributed by atoms with van der Waals surface area (Å²) in [5.74, 6) is 1.35. The van der Waals surface area contributed by atoms with Gasteiger partial charge in [0.15, 0.2) is 0 Å². The van der Waals surface area contributed by atoms with Crippen molar-refractivity contribution in [1.82, 2.24) is 9.80 Å². The van der Waals surface area contributed by atoms with Crippen molar-refractivity contribution in [1.29, 1.82) is 0 Å². The topological polar surface area (TPSA) is 56.9 Å². The number of phenolic OH excluding ortho intramolecular Hbond substituents is 1. The van der Waals surface area contributed by atoms with Crippen molar-refractivity contribution in [3.8, 4) is 5.75 Å². The second-order valence-corrected chi connectivity index (χ2v) is 11.1. The third-order valence-electron chi connectivity index (χ3n) is 8.89. The fourth-order valence-corrected chi connectivity index (χ4v) is 7.43. The molecule has 3 saturated heterocycles. The van der Waals surface area contributed by atoms with Gasteiger partial charge in [0.2, 0.25) is 0 Å². The van der Waals surface area contributed by atoms with Crippen LogP contribution in [-0.4, -0.2) is 46.6 Å². The number of hydrogen-bond acceptors (Lipinski definition) is 5. The number of hydrogen-bond donors (Lipinski definition) is 1. The zero-order valence-electron chi connectivity index (χ0n) is 19.6. The number of aryl methyl sites for hydroxylation is 1. The average molecular weight is 469 g/mol. The minimum Gasteiger partial charge on any atom is -0.506 e. The van der Waals surface area contributed by atoms with E-state index >= 15 is 0 Å². The van der Waals surface area contributed by atoms with Crippen LogP contribution in [0.2, 0.25) is 5.02 Å². The number of nitrogens with zero attached hydrogens (tertiary/aromatic N) is 2. The lowest BCUT2D eigenvalue weighted by molar-refractivity contribution is -0.00274. The quantitative estimate of drug-likeness (QED) is 0.487. The van der Waals surface area contributed by atoms with E-state index in [-0.39, 0.29) is 11.4 Å². The van der Waals surface area contributed by atoms with Gasteiger partial charge in [-0.15, -0.1) is 0 Å². The molecule has 2 aromatic rings. The van der Waals surface area contributed by atoms with Gasteiger partial charge in [-0.25, -0.2) is 4.79 Å². The highest BCUT2D eigenvalue weighted by molar-refractivity contribution is 6.33. The van der Waals surface area contributed by atoms with Crippen LogP contribution in [0.5, 0.6) is 5.75 Å². The molecular formula is C27H33ClN2O3. The number of phenols is 1. The Morgan fingerprint density at radius 2 is 2.03 bits per heavy atom. The monoisotopic (exact) mass is 468 g/mol. The molecule has 0 spiro atoms. The molecule has 1 unspecified atom stereocenters. The summed E-state index contributed by atoms with van der Waals surface area (Å²) in [6, 6.07) is 2.86. The molecule has 1 aromatic carbocycles. The largest absolute Gasteiger partial charge is 0.506 e. The molecule has 6 rings (SSSR count). The van der Waals surface area contributed by atoms with Gasteiger partial charge in [0.1, 0.15) is 11.3 Å². The van der Waals surface area contributed by atoms with Crippen molar-refractivity contribution in [3.05, 3.63) is 49.8 Å². The molecule has 4 atom stereocenters. The summed E-state index contributed by atoms with van der Waals surface area (Å²) in [7, 11) is 0. The van der Waals surface area contributed by atoms with Crippen LogP contribution < -0.4 is 5.63 Å². The van der Waals surface area contributed by atoms with Crippen molar-refractivity contribution in [2.75, 3.05) is 19.6 Å². The van der Waals surface area contributed by atoms with E-state index in [4.69, 9.17) is 16.0 Å². The Kier molecular flexibility index (Phi) is 5.35. The molecule has 3 fully saturated rings. The molecule has 0 saturated carbocycles. The first-order valence-corrected chi connectivity index (χ1v) is 12.9. The van der Waals surface area contributed by atoms with E-state index in [2.05, 4.69) is 15.9 Å². The van der Waals surface area contributed by atoms with Crippen LogP contribution >= 0.6 is 11.6 Å². The van der Waals surface area contributed by atoms with Crippen molar-refractivity contribution < 1.29 is 9.52 Å². The van der Waals surface area contributed by atoms with Gasteiger partial charge in [0.25, 0.3) is 0 Å². The molecular weight excluding hydrogens is 436 g/mol. The van der Waals surface area contributed by atoms with Gasteiger partial charge in [-0.05, 0) is 82.5 Å². The summed E-state index contributed by atoms with van der Waals surface area (Å²) >= 11 is 6.47. The standard InChI is InChI=1S/C27H33ClN2O3/c1-15-16(2)27(32)33-26-20(15)12-22(28)25(31)21(26)14-30-9-5-6-17-10-18-11-19(24(17)30)13-29-8-4-3-7-23(18)29/h10,12,18-19,23-24,31H,3-9,11,13-14H2,1-2H3/t18-,19-,23?,24+/m0/s1. The molecule has 33 heavy (non-hydrogen) atoms. The Balaban J connectivity index is 1.40. The van der Waals surface area contributed by atoms with Crippen LogP contribution in [0.25, 0.3) is 11.0 Å². The van der Waals surface area contributed by atoms with Crippen molar-refractivity contribution in [2.24, 2.45) is 11.8 Å². The molecule has 4 aliphatic rings. The second kappa shape index (κ2) is 8.14. The SMILES string of the molecule is Cc1c(C)c2cc(Cl)c(O)c(CN3CCCC4=C[C@H]5C[C@@H](CN6CCCCC56)[C@@H]43)c2oc1=O. The zero-order chi connectivity index (χ0) is 22.9. The number of fused-ring (bicyclic) bond motifs is 7. The van der Waals surface area contributed by atoms with Gasteiger partial charge >= 0.3 is 5.63 Å². The maximum Gasteiger partial charge on any atom is 0.339 e. The average Bonchev–Trinajstić information content (AvgIpc) is 2.81. The maximum absolute atomic E-state index is 12.5. The normalized spacial score (nSPS) is 30.1. The van der Waals surface area contributed by atoms with E-state index in [1.54, 1.807) is 18.6 Å². The summed E-state index contributed by atoms with van der Waals surface area (Å²) < 4.78 is 5.75. The smallest absolute Gasteiger partial charge is 0.339 e. The third kappa shape index (κ3) is 3.46. The van der Waals surface area contributed by atoms with E-state index < -0.39 is 0 Å². The Morgan fingerprint density at radius 1 is 1.18 bits per heavy atom. The van der Waals surface area contributed by atoms with Crippen molar-refractivity contribution in [2.45, 2.75) is 71.0 Å². The highest BCUT2D eigenvalue weighted by Gasteiger charge is 2.46. The van der Waals surface area contributed by atoms with Crippen LogP contribution in [0, 0.1) is 25.7 Å². The number of benzene rings is 1. The summed E-state index contributed by atoms with van der Waals surface area (Å²) in [4.78, 5) is 17.8. The Bertz CT molecular complexity index is 1200. The van der Waals surface area contributed by atoms with Gasteiger partial charge < -0.3 is 9.52 Å². The molecule has 3 aliphatic heterocycles. The first kappa shape index (κ1) is 21.7. The van der Waals surface area contributed by atoms with Crippen LogP contribution in [-0.2, 0) is 6.54 Å². The lowest BCUT2D eigenvalue weighted by Gasteiger charge is -2.54. The predicted octanol–water partition coefficient (Wildman–Crippen LogP) is 5.16. The van der Waals surface area contributed by atoms with E-state index in [9.17, 15) is 9.90 Å². The Hall–Kier alpha value is -1.82. The number of aromatic hydroxyl groups is 1. The fraction of sp³-hybridized carbons (Fsp3) is 0.593. The molecule has 2 bridgehead atoms. The minimum atomic E-state index is -0.342. The number of rotatable bonds is 2. The summed E-state index contributed by atoms with van der Waals surface area (Å²) in [6.07, 6.45) is 10.2. The molecule has 5 nitrogen and oxygen atoms in total. The predicted molar refractivity (Wildman–Crippen MR) is 131 cm³/mol. The fourth-order valence-electron chi connectivity index (χ4n) is 7.21. The molecule has 1 aromatic heterocycles. The van der Waals surface area contributed by atoms with E-state index in [0.717, 1.165) is 30.0 Å². The van der Waals surface area contributed by atoms with Gasteiger partial charge in [0.05, 0.1) is 10.6 Å². The molecule has 6 heteroatoms. The molecule has 176 valence electrons. The minimum absolute atomic E-state index is 0.0418. The summed E-state index contributed by atoms with van der Waals surface area (Å²) in [5.41, 5.74) is 3.84. The maximum atomic E-state index is 12.5. The van der Waals surface area contributed by atoms with Gasteiger partial charge in [-0.3, -0.25) is 9.80 Å². The van der Waals surface area contributed by atoms with E-state index in [1.165, 1.54) is 45.2 Å². The van der Waals surface area contributed by atoms with Crippen LogP contribution in [0.3, 0.4) is 0 Å². The van der Waals surface area contributed by atoms with E-state index in [1.807, 2.05) is 6.92 Å². The van der Waals surface area contributed by atoms with Crippen molar-refractivity contribution in [3.63, 3.8) is 0 Å². The zero-order valence-corrected chi connectivity index (χ0v) is 20.3. The highest BCUT2D eigenvalue weighted by Crippen LogP contribution is 2.46. The highest BCUT2D eigenvalue weighted by atomic mass is 35.5. The van der Waals surface area contributed by atoms with Crippen LogP contribution in [0.15, 0.2) is 26.9 Å². The van der Waals surface area contributed by atoms with Crippen LogP contribution in [0.1, 0.15) is 55.2 Å². The lowest BCUT2D eigenvalue weighted by Crippen LogP contribution is -2.59. The van der Waals surface area contributed by atoms with Crippen molar-refractivity contribution >= 4 is 22.6 Å². The second-order valence-electron chi connectivity index (χ2n) is 10.7. The first-order chi connectivity index (χ1) is 15.9.